The minimum absolute atomic E-state index is 0.0123. The number of nitrogens with zero attached hydrogens (tertiary/aromatic N) is 3. The van der Waals surface area contributed by atoms with E-state index in [0.29, 0.717) is 44.5 Å². The third kappa shape index (κ3) is 8.87. The third-order valence-electron chi connectivity index (χ3n) is 9.72. The first-order valence-corrected chi connectivity index (χ1v) is 16.8. The van der Waals surface area contributed by atoms with Gasteiger partial charge in [0.25, 0.3) is 0 Å². The Morgan fingerprint density at radius 2 is 1.49 bits per heavy atom. The number of ether oxygens (including phenoxy) is 1. The molecule has 2 heterocycles. The van der Waals surface area contributed by atoms with Crippen molar-refractivity contribution in [2.75, 3.05) is 26.2 Å². The Labute approximate surface area is 281 Å². The van der Waals surface area contributed by atoms with Crippen molar-refractivity contribution in [2.24, 2.45) is 17.6 Å². The molecular weight excluding hydrogens is 654 g/mol. The van der Waals surface area contributed by atoms with Crippen LogP contribution in [0.4, 0.5) is 31.1 Å². The van der Waals surface area contributed by atoms with Crippen LogP contribution in [0.2, 0.25) is 0 Å². The molecule has 2 aromatic carbocycles. The molecule has 2 saturated heterocycles. The number of halogens is 6. The Balaban J connectivity index is 1.45. The minimum atomic E-state index is -5.06. The van der Waals surface area contributed by atoms with Gasteiger partial charge in [0, 0.05) is 13.1 Å². The predicted molar refractivity (Wildman–Crippen MR) is 167 cm³/mol. The molecule has 0 radical (unpaired) electrons. The van der Waals surface area contributed by atoms with E-state index in [0.717, 1.165) is 37.7 Å². The quantitative estimate of drug-likeness (QED) is 0.223. The summed E-state index contributed by atoms with van der Waals surface area (Å²) in [6, 6.07) is 9.29. The van der Waals surface area contributed by atoms with Crippen molar-refractivity contribution in [1.82, 2.24) is 14.7 Å². The van der Waals surface area contributed by atoms with Gasteiger partial charge < -0.3 is 20.3 Å². The number of alkyl halides is 6. The van der Waals surface area contributed by atoms with Gasteiger partial charge in [-0.05, 0) is 80.3 Å². The molecule has 2 aliphatic heterocycles. The summed E-state index contributed by atoms with van der Waals surface area (Å²) in [7, 11) is 0. The van der Waals surface area contributed by atoms with E-state index in [9.17, 15) is 40.7 Å². The summed E-state index contributed by atoms with van der Waals surface area (Å²) in [5.41, 5.74) is 3.03. The van der Waals surface area contributed by atoms with E-state index in [1.807, 2.05) is 30.3 Å². The summed E-state index contributed by atoms with van der Waals surface area (Å²) in [4.78, 5) is 46.6. The van der Waals surface area contributed by atoms with Gasteiger partial charge in [-0.15, -0.1) is 0 Å². The zero-order valence-electron chi connectivity index (χ0n) is 27.1. The van der Waals surface area contributed by atoms with Gasteiger partial charge in [-0.2, -0.15) is 26.3 Å². The maximum absolute atomic E-state index is 14.2. The molecule has 2 aromatic rings. The van der Waals surface area contributed by atoms with Crippen LogP contribution in [0.25, 0.3) is 0 Å². The van der Waals surface area contributed by atoms with Gasteiger partial charge in [-0.1, -0.05) is 49.6 Å². The molecule has 1 aliphatic carbocycles. The minimum Gasteiger partial charge on any atom is -0.444 e. The number of hydrogen-bond donors (Lipinski definition) is 1. The number of nitrogens with two attached hydrogens (primary N) is 1. The number of hydrogen-bond acceptors (Lipinski definition) is 5. The first kappa shape index (κ1) is 36.5. The highest BCUT2D eigenvalue weighted by Crippen LogP contribution is 2.37. The molecule has 49 heavy (non-hydrogen) atoms. The molecule has 3 aliphatic rings. The topological polar surface area (TPSA) is 96.2 Å². The average Bonchev–Trinajstić information content (AvgIpc) is 3.06. The fourth-order valence-corrected chi connectivity index (χ4v) is 7.28. The zero-order valence-corrected chi connectivity index (χ0v) is 27.1. The molecule has 14 heteroatoms. The lowest BCUT2D eigenvalue weighted by Gasteiger charge is -2.54. The first-order chi connectivity index (χ1) is 23.3. The molecule has 3 atom stereocenters. The second-order valence-electron chi connectivity index (χ2n) is 13.3. The van der Waals surface area contributed by atoms with Crippen molar-refractivity contribution in [3.63, 3.8) is 0 Å². The van der Waals surface area contributed by atoms with Gasteiger partial charge in [-0.3, -0.25) is 14.5 Å². The van der Waals surface area contributed by atoms with Crippen molar-refractivity contribution >= 4 is 17.9 Å². The number of benzene rings is 2. The van der Waals surface area contributed by atoms with Crippen LogP contribution in [-0.4, -0.2) is 71.0 Å². The van der Waals surface area contributed by atoms with Crippen LogP contribution < -0.4 is 5.73 Å². The lowest BCUT2D eigenvalue weighted by molar-refractivity contribution is -0.174. The predicted octanol–water partition coefficient (Wildman–Crippen LogP) is 6.61. The van der Waals surface area contributed by atoms with E-state index in [1.54, 1.807) is 4.90 Å². The van der Waals surface area contributed by atoms with E-state index >= 15 is 0 Å². The van der Waals surface area contributed by atoms with Crippen LogP contribution in [-0.2, 0) is 39.7 Å². The number of carbonyl (C=O) groups is 3. The van der Waals surface area contributed by atoms with Gasteiger partial charge in [0.1, 0.15) is 18.8 Å². The molecule has 5 rings (SSSR count). The average molecular weight is 697 g/mol. The van der Waals surface area contributed by atoms with E-state index in [-0.39, 0.29) is 43.3 Å². The summed E-state index contributed by atoms with van der Waals surface area (Å²) in [6.07, 6.45) is -5.18. The van der Waals surface area contributed by atoms with Crippen molar-refractivity contribution in [3.05, 3.63) is 70.8 Å². The summed E-state index contributed by atoms with van der Waals surface area (Å²) < 4.78 is 86.4. The normalized spacial score (nSPS) is 22.3. The molecule has 2 N–H and O–H groups in total. The summed E-state index contributed by atoms with van der Waals surface area (Å²) in [5.74, 6) is -1.01. The number of fused-ring (bicyclic) bond motifs is 1. The number of piperazine rings is 1. The van der Waals surface area contributed by atoms with Crippen LogP contribution in [0.15, 0.2) is 48.5 Å². The Hall–Kier alpha value is -3.81. The molecule has 3 amide bonds. The van der Waals surface area contributed by atoms with Gasteiger partial charge >= 0.3 is 18.4 Å². The maximum atomic E-state index is 14.2. The number of rotatable bonds is 10. The molecule has 0 spiro atoms. The van der Waals surface area contributed by atoms with Gasteiger partial charge in [-0.25, -0.2) is 4.79 Å². The Kier molecular flexibility index (Phi) is 11.5. The van der Waals surface area contributed by atoms with Crippen LogP contribution >= 0.6 is 0 Å². The van der Waals surface area contributed by atoms with E-state index < -0.39 is 59.9 Å². The molecule has 0 bridgehead atoms. The molecule has 1 saturated carbocycles. The van der Waals surface area contributed by atoms with Gasteiger partial charge in [0.05, 0.1) is 23.6 Å². The van der Waals surface area contributed by atoms with Crippen molar-refractivity contribution in [2.45, 2.75) is 89.0 Å². The molecule has 8 nitrogen and oxygen atoms in total. The van der Waals surface area contributed by atoms with Crippen molar-refractivity contribution in [1.29, 1.82) is 0 Å². The Morgan fingerprint density at radius 1 is 0.837 bits per heavy atom. The highest BCUT2D eigenvalue weighted by Gasteiger charge is 2.52. The highest BCUT2D eigenvalue weighted by atomic mass is 19.4. The largest absolute Gasteiger partial charge is 0.444 e. The lowest BCUT2D eigenvalue weighted by Crippen LogP contribution is -2.73. The smallest absolute Gasteiger partial charge is 0.416 e. The van der Waals surface area contributed by atoms with Crippen molar-refractivity contribution in [3.8, 4) is 0 Å². The summed E-state index contributed by atoms with van der Waals surface area (Å²) in [6.45, 7) is -0.0955. The monoisotopic (exact) mass is 696 g/mol. The van der Waals surface area contributed by atoms with E-state index in [4.69, 9.17) is 10.5 Å². The van der Waals surface area contributed by atoms with Gasteiger partial charge in [0.2, 0.25) is 11.8 Å². The fraction of sp³-hybridized carbons (Fsp3) is 0.571. The standard InChI is InChI=1S/C35H42F6N4O4/c36-34(37,38)27-16-25(17-28(18-27)35(39,40)41)22-49-33(48)44-20-26(15-23-9-3-1-4-10-23)31(46)45-29(13-7-8-14-42)32(47)43(21-30(44)45)19-24-11-5-2-6-12-24/h1,3-4,9-10,16-18,24,26,29-30H,2,5-8,11-15,19-22,42H2/t26-,29-,30+/m0/s1. The summed E-state index contributed by atoms with van der Waals surface area (Å²) >= 11 is 0. The first-order valence-electron chi connectivity index (χ1n) is 16.8. The molecule has 3 fully saturated rings. The molecule has 0 unspecified atom stereocenters. The van der Waals surface area contributed by atoms with Crippen LogP contribution in [0.1, 0.15) is 73.6 Å². The molecule has 0 aromatic heterocycles. The van der Waals surface area contributed by atoms with Crippen LogP contribution in [0.5, 0.6) is 0 Å². The molecular formula is C35H42F6N4O4. The fourth-order valence-electron chi connectivity index (χ4n) is 7.28. The second-order valence-corrected chi connectivity index (χ2v) is 13.3. The Bertz CT molecular complexity index is 1430. The number of carbonyl (C=O) groups excluding carboxylic acids is 3. The zero-order chi connectivity index (χ0) is 35.3. The maximum Gasteiger partial charge on any atom is 0.416 e. The third-order valence-corrected chi connectivity index (χ3v) is 9.72. The lowest BCUT2D eigenvalue weighted by atomic mass is 9.87. The van der Waals surface area contributed by atoms with Gasteiger partial charge in [0.15, 0.2) is 0 Å². The number of amides is 3. The number of unbranched alkanes of at least 4 members (excludes halogenated alkanes) is 1. The SMILES string of the molecule is NCCCC[C@H]1C(=O)N(CC2CCCCC2)C[C@@H]2N(C(=O)OCc3cc(C(F)(F)F)cc(C(F)(F)F)c3)C[C@H](Cc3ccccc3)C(=O)N21. The summed E-state index contributed by atoms with van der Waals surface area (Å²) in [5, 5.41) is 0. The van der Waals surface area contributed by atoms with Crippen molar-refractivity contribution < 1.29 is 45.5 Å². The highest BCUT2D eigenvalue weighted by molar-refractivity contribution is 5.91. The van der Waals surface area contributed by atoms with E-state index in [1.165, 1.54) is 9.80 Å². The van der Waals surface area contributed by atoms with Crippen LogP contribution in [0.3, 0.4) is 0 Å². The van der Waals surface area contributed by atoms with E-state index in [2.05, 4.69) is 0 Å². The molecule has 268 valence electrons. The van der Waals surface area contributed by atoms with Crippen LogP contribution in [0, 0.1) is 11.8 Å². The second kappa shape index (κ2) is 15.4. The Morgan fingerprint density at radius 3 is 2.10 bits per heavy atom.